The summed E-state index contributed by atoms with van der Waals surface area (Å²) in [5.41, 5.74) is 0. The number of hydrogen-bond acceptors (Lipinski definition) is 2. The third kappa shape index (κ3) is 5.53. The predicted octanol–water partition coefficient (Wildman–Crippen LogP) is 2.64. The van der Waals surface area contributed by atoms with E-state index in [-0.39, 0.29) is 0 Å². The molecule has 1 rings (SSSR count). The van der Waals surface area contributed by atoms with Gasteiger partial charge in [0.1, 0.15) is 0 Å². The monoisotopic (exact) mass is 212 g/mol. The van der Waals surface area contributed by atoms with Crippen LogP contribution in [-0.2, 0) is 0 Å². The highest BCUT2D eigenvalue weighted by Crippen LogP contribution is 2.17. The molecule has 0 aromatic rings. The van der Waals surface area contributed by atoms with Crippen molar-refractivity contribution in [2.45, 2.75) is 58.4 Å². The average molecular weight is 212 g/mol. The van der Waals surface area contributed by atoms with Crippen molar-refractivity contribution in [3.05, 3.63) is 0 Å². The van der Waals surface area contributed by atoms with Gasteiger partial charge in [-0.1, -0.05) is 20.3 Å². The number of nitrogens with one attached hydrogen (secondary N) is 1. The summed E-state index contributed by atoms with van der Waals surface area (Å²) in [4.78, 5) is 2.60. The highest BCUT2D eigenvalue weighted by atomic mass is 15.1. The van der Waals surface area contributed by atoms with Crippen LogP contribution in [0, 0.1) is 0 Å². The third-order valence-corrected chi connectivity index (χ3v) is 3.27. The normalized spacial score (nSPS) is 17.0. The van der Waals surface area contributed by atoms with E-state index in [9.17, 15) is 0 Å². The number of rotatable bonds is 9. The molecule has 0 unspecified atom stereocenters. The van der Waals surface area contributed by atoms with Gasteiger partial charge in [-0.15, -0.1) is 0 Å². The first-order valence-corrected chi connectivity index (χ1v) is 6.82. The second kappa shape index (κ2) is 8.12. The van der Waals surface area contributed by atoms with Gasteiger partial charge in [0, 0.05) is 6.04 Å². The molecule has 2 nitrogen and oxygen atoms in total. The predicted molar refractivity (Wildman–Crippen MR) is 67.3 cm³/mol. The summed E-state index contributed by atoms with van der Waals surface area (Å²) in [6.07, 6.45) is 8.15. The summed E-state index contributed by atoms with van der Waals surface area (Å²) in [7, 11) is 0. The fourth-order valence-corrected chi connectivity index (χ4v) is 2.19. The maximum absolute atomic E-state index is 3.63. The van der Waals surface area contributed by atoms with E-state index in [1.54, 1.807) is 0 Å². The summed E-state index contributed by atoms with van der Waals surface area (Å²) in [6.45, 7) is 9.59. The van der Waals surface area contributed by atoms with Gasteiger partial charge in [0.15, 0.2) is 0 Å². The molecule has 0 spiro atoms. The van der Waals surface area contributed by atoms with Crippen LogP contribution in [0.3, 0.4) is 0 Å². The molecule has 0 atom stereocenters. The first kappa shape index (κ1) is 13.0. The molecule has 0 bridgehead atoms. The van der Waals surface area contributed by atoms with Crippen LogP contribution in [0.2, 0.25) is 0 Å². The molecule has 90 valence electrons. The standard InChI is InChI=1S/C13H28N2/c1-3-10-15(11-4-2)12-6-9-14-13-7-5-8-13/h13-14H,3-12H2,1-2H3. The molecule has 1 N–H and O–H groups in total. The molecular formula is C13H28N2. The molecular weight excluding hydrogens is 184 g/mol. The second-order valence-electron chi connectivity index (χ2n) is 4.78. The first-order chi connectivity index (χ1) is 7.36. The zero-order chi connectivity index (χ0) is 10.9. The number of nitrogens with zero attached hydrogens (tertiary/aromatic N) is 1. The molecule has 1 fully saturated rings. The van der Waals surface area contributed by atoms with Crippen molar-refractivity contribution >= 4 is 0 Å². The van der Waals surface area contributed by atoms with Crippen molar-refractivity contribution in [2.75, 3.05) is 26.2 Å². The van der Waals surface area contributed by atoms with Crippen LogP contribution in [-0.4, -0.2) is 37.1 Å². The van der Waals surface area contributed by atoms with Crippen LogP contribution in [0.4, 0.5) is 0 Å². The maximum atomic E-state index is 3.63. The van der Waals surface area contributed by atoms with Crippen LogP contribution in [0.15, 0.2) is 0 Å². The molecule has 15 heavy (non-hydrogen) atoms. The summed E-state index contributed by atoms with van der Waals surface area (Å²) < 4.78 is 0. The summed E-state index contributed by atoms with van der Waals surface area (Å²) in [5.74, 6) is 0. The van der Waals surface area contributed by atoms with Crippen molar-refractivity contribution in [3.8, 4) is 0 Å². The Morgan fingerprint density at radius 2 is 1.73 bits per heavy atom. The second-order valence-corrected chi connectivity index (χ2v) is 4.78. The number of hydrogen-bond donors (Lipinski definition) is 1. The minimum absolute atomic E-state index is 0.857. The van der Waals surface area contributed by atoms with Crippen LogP contribution < -0.4 is 5.32 Å². The van der Waals surface area contributed by atoms with E-state index in [0.717, 1.165) is 6.04 Å². The molecule has 0 heterocycles. The Morgan fingerprint density at radius 3 is 2.20 bits per heavy atom. The van der Waals surface area contributed by atoms with Crippen LogP contribution in [0.1, 0.15) is 52.4 Å². The smallest absolute Gasteiger partial charge is 0.00670 e. The van der Waals surface area contributed by atoms with Crippen molar-refractivity contribution in [2.24, 2.45) is 0 Å². The molecule has 0 amide bonds. The van der Waals surface area contributed by atoms with Crippen molar-refractivity contribution < 1.29 is 0 Å². The quantitative estimate of drug-likeness (QED) is 0.591. The largest absolute Gasteiger partial charge is 0.314 e. The Hall–Kier alpha value is -0.0800. The molecule has 0 saturated heterocycles. The molecule has 2 heteroatoms. The summed E-state index contributed by atoms with van der Waals surface area (Å²) in [5, 5.41) is 3.63. The maximum Gasteiger partial charge on any atom is 0.00670 e. The Bertz CT molecular complexity index is 137. The van der Waals surface area contributed by atoms with Gasteiger partial charge in [0.2, 0.25) is 0 Å². The topological polar surface area (TPSA) is 15.3 Å². The Labute approximate surface area is 95.4 Å². The van der Waals surface area contributed by atoms with Gasteiger partial charge in [-0.25, -0.2) is 0 Å². The lowest BCUT2D eigenvalue weighted by Crippen LogP contribution is -2.37. The van der Waals surface area contributed by atoms with Gasteiger partial charge in [-0.3, -0.25) is 0 Å². The van der Waals surface area contributed by atoms with Crippen molar-refractivity contribution in [1.82, 2.24) is 10.2 Å². The van der Waals surface area contributed by atoms with E-state index in [2.05, 4.69) is 24.1 Å². The lowest BCUT2D eigenvalue weighted by atomic mass is 9.93. The van der Waals surface area contributed by atoms with Crippen molar-refractivity contribution in [3.63, 3.8) is 0 Å². The van der Waals surface area contributed by atoms with Gasteiger partial charge < -0.3 is 10.2 Å². The van der Waals surface area contributed by atoms with Crippen LogP contribution in [0.5, 0.6) is 0 Å². The van der Waals surface area contributed by atoms with E-state index >= 15 is 0 Å². The minimum Gasteiger partial charge on any atom is -0.314 e. The molecule has 1 saturated carbocycles. The van der Waals surface area contributed by atoms with Gasteiger partial charge in [0.25, 0.3) is 0 Å². The van der Waals surface area contributed by atoms with Gasteiger partial charge >= 0.3 is 0 Å². The molecule has 0 radical (unpaired) electrons. The fourth-order valence-electron chi connectivity index (χ4n) is 2.19. The van der Waals surface area contributed by atoms with Crippen LogP contribution >= 0.6 is 0 Å². The lowest BCUT2D eigenvalue weighted by Gasteiger charge is -2.27. The summed E-state index contributed by atoms with van der Waals surface area (Å²) >= 11 is 0. The SMILES string of the molecule is CCCN(CCC)CCCNC1CCC1. The Kier molecular flexibility index (Phi) is 7.03. The molecule has 0 aromatic carbocycles. The average Bonchev–Trinajstić information content (AvgIpc) is 2.15. The molecule has 1 aliphatic carbocycles. The van der Waals surface area contributed by atoms with E-state index in [1.165, 1.54) is 64.7 Å². The third-order valence-electron chi connectivity index (χ3n) is 3.27. The van der Waals surface area contributed by atoms with Crippen molar-refractivity contribution in [1.29, 1.82) is 0 Å². The van der Waals surface area contributed by atoms with E-state index in [1.807, 2.05) is 0 Å². The van der Waals surface area contributed by atoms with Gasteiger partial charge in [-0.05, 0) is 58.3 Å². The van der Waals surface area contributed by atoms with Crippen LogP contribution in [0.25, 0.3) is 0 Å². The Morgan fingerprint density at radius 1 is 1.07 bits per heavy atom. The van der Waals surface area contributed by atoms with Gasteiger partial charge in [0.05, 0.1) is 0 Å². The zero-order valence-electron chi connectivity index (χ0n) is 10.6. The highest BCUT2D eigenvalue weighted by Gasteiger charge is 2.15. The Balaban J connectivity index is 1.94. The molecule has 0 aromatic heterocycles. The highest BCUT2D eigenvalue weighted by molar-refractivity contribution is 4.76. The van der Waals surface area contributed by atoms with E-state index in [0.29, 0.717) is 0 Å². The zero-order valence-corrected chi connectivity index (χ0v) is 10.6. The fraction of sp³-hybridized carbons (Fsp3) is 1.00. The first-order valence-electron chi connectivity index (χ1n) is 6.82. The minimum atomic E-state index is 0.857. The molecule has 0 aliphatic heterocycles. The van der Waals surface area contributed by atoms with Gasteiger partial charge in [-0.2, -0.15) is 0 Å². The molecule has 1 aliphatic rings. The van der Waals surface area contributed by atoms with E-state index < -0.39 is 0 Å². The van der Waals surface area contributed by atoms with E-state index in [4.69, 9.17) is 0 Å². The lowest BCUT2D eigenvalue weighted by molar-refractivity contribution is 0.262. The summed E-state index contributed by atoms with van der Waals surface area (Å²) in [6, 6.07) is 0.857.